The van der Waals surface area contributed by atoms with Crippen LogP contribution in [0.25, 0.3) is 0 Å². The van der Waals surface area contributed by atoms with Crippen molar-refractivity contribution < 1.29 is 76.6 Å². The molecule has 0 rings (SSSR count). The second-order valence-corrected chi connectivity index (χ2v) is 10.5. The predicted octanol–water partition coefficient (Wildman–Crippen LogP) is 1.84. The van der Waals surface area contributed by atoms with Crippen LogP contribution < -0.4 is 0 Å². The maximum Gasteiger partial charge on any atom is 0.333 e. The highest BCUT2D eigenvalue weighted by Crippen LogP contribution is 2.25. The molecule has 0 aliphatic carbocycles. The summed E-state index contributed by atoms with van der Waals surface area (Å²) in [5, 5.41) is 10.0. The fourth-order valence-electron chi connectivity index (χ4n) is 2.93. The molecule has 0 aromatic carbocycles. The molecule has 16 nitrogen and oxygen atoms in total. The molecule has 0 aliphatic heterocycles. The van der Waals surface area contributed by atoms with Gasteiger partial charge in [-0.25, -0.2) is 33.6 Å². The molecule has 0 aromatic rings. The maximum atomic E-state index is 11.7. The molecule has 0 aliphatic rings. The first kappa shape index (κ1) is 47.5. The molecule has 0 heterocycles. The van der Waals surface area contributed by atoms with Gasteiger partial charge in [-0.05, 0) is 13.8 Å². The molecule has 0 amide bonds. The maximum absolute atomic E-state index is 11.7. The van der Waals surface area contributed by atoms with Gasteiger partial charge in [0, 0.05) is 41.5 Å². The van der Waals surface area contributed by atoms with Crippen molar-refractivity contribution >= 4 is 41.8 Å². The van der Waals surface area contributed by atoms with Gasteiger partial charge in [-0.1, -0.05) is 46.1 Å². The first-order chi connectivity index (χ1) is 24.0. The smallest absolute Gasteiger partial charge is 0.333 e. The monoisotopic (exact) mass is 722 g/mol. The lowest BCUT2D eigenvalue weighted by atomic mass is 9.90. The lowest BCUT2D eigenvalue weighted by molar-refractivity contribution is -0.167. The van der Waals surface area contributed by atoms with Crippen LogP contribution in [0.4, 0.5) is 0 Å². The van der Waals surface area contributed by atoms with E-state index in [0.717, 1.165) is 30.4 Å². The van der Waals surface area contributed by atoms with E-state index in [1.54, 1.807) is 13.8 Å². The number of aliphatic hydroxyl groups is 1. The molecule has 0 saturated heterocycles. The van der Waals surface area contributed by atoms with Gasteiger partial charge < -0.3 is 43.0 Å². The van der Waals surface area contributed by atoms with E-state index in [1.807, 2.05) is 0 Å². The van der Waals surface area contributed by atoms with Gasteiger partial charge >= 0.3 is 41.8 Å². The van der Waals surface area contributed by atoms with Gasteiger partial charge in [0.05, 0.1) is 30.7 Å². The van der Waals surface area contributed by atoms with Crippen molar-refractivity contribution in [1.29, 1.82) is 0 Å². The normalized spacial score (nSPS) is 10.3. The van der Waals surface area contributed by atoms with Gasteiger partial charge in [0.25, 0.3) is 0 Å². The Morgan fingerprint density at radius 3 is 0.961 bits per heavy atom. The summed E-state index contributed by atoms with van der Waals surface area (Å²) in [4.78, 5) is 80.0. The standard InChI is InChI=1S/C25H32O12.C10H14O4/c1-6-19(27)33-14-24(11-26,15-34-20(28)7-2)12-32-13-25(16-35-21(29)8-3,17-36-22(30)9-4)18-37-23(31)10-5;1-7(2)9(11)13-5-6-14-10(12)8(3)4/h6-10,26H,1-5,11-18H2;1,3,5-6H2,2,4H3. The fraction of sp³-hybridized carbons (Fsp3) is 0.400. The number of rotatable bonds is 25. The minimum absolute atomic E-state index is 0.0325. The van der Waals surface area contributed by atoms with Crippen molar-refractivity contribution in [3.8, 4) is 0 Å². The van der Waals surface area contributed by atoms with Gasteiger partial charge in [-0.2, -0.15) is 0 Å². The molecule has 0 unspecified atom stereocenters. The van der Waals surface area contributed by atoms with E-state index < -0.39 is 92.3 Å². The highest BCUT2D eigenvalue weighted by atomic mass is 16.6. The molecular weight excluding hydrogens is 676 g/mol. The number of hydrogen-bond donors (Lipinski definition) is 1. The Morgan fingerprint density at radius 2 is 0.725 bits per heavy atom. The van der Waals surface area contributed by atoms with Gasteiger partial charge in [0.1, 0.15) is 46.2 Å². The van der Waals surface area contributed by atoms with Crippen LogP contribution in [0.2, 0.25) is 0 Å². The number of hydrogen-bond acceptors (Lipinski definition) is 16. The highest BCUT2D eigenvalue weighted by Gasteiger charge is 2.39. The topological polar surface area (TPSA) is 214 Å². The SMILES string of the molecule is C=C(C)C(=O)OCCOC(=O)C(=C)C.C=CC(=O)OCC(CO)(COCC(COC(=O)C=C)(COC(=O)C=C)COC(=O)C=C)COC(=O)C=C. The molecule has 16 heteroatoms. The van der Waals surface area contributed by atoms with Crippen molar-refractivity contribution in [2.75, 3.05) is 66.1 Å². The van der Waals surface area contributed by atoms with E-state index in [1.165, 1.54) is 0 Å². The number of esters is 7. The predicted molar refractivity (Wildman–Crippen MR) is 180 cm³/mol. The second-order valence-electron chi connectivity index (χ2n) is 10.5. The van der Waals surface area contributed by atoms with Crippen molar-refractivity contribution in [2.24, 2.45) is 10.8 Å². The zero-order valence-electron chi connectivity index (χ0n) is 29.0. The molecule has 0 radical (unpaired) electrons. The summed E-state index contributed by atoms with van der Waals surface area (Å²) in [6, 6.07) is 0. The number of carbonyl (C=O) groups is 7. The zero-order chi connectivity index (χ0) is 39.5. The van der Waals surface area contributed by atoms with E-state index in [9.17, 15) is 38.7 Å². The lowest BCUT2D eigenvalue weighted by Crippen LogP contribution is -2.46. The van der Waals surface area contributed by atoms with Crippen molar-refractivity contribution in [3.05, 3.63) is 87.6 Å². The molecule has 0 fully saturated rings. The fourth-order valence-corrected chi connectivity index (χ4v) is 2.93. The third-order valence-electron chi connectivity index (χ3n) is 5.83. The first-order valence-electron chi connectivity index (χ1n) is 14.8. The van der Waals surface area contributed by atoms with Crippen LogP contribution in [0.15, 0.2) is 87.6 Å². The Balaban J connectivity index is 0. The highest BCUT2D eigenvalue weighted by molar-refractivity contribution is 5.87. The molecule has 1 N–H and O–H groups in total. The minimum Gasteiger partial charge on any atom is -0.462 e. The largest absolute Gasteiger partial charge is 0.462 e. The summed E-state index contributed by atoms with van der Waals surface area (Å²) >= 11 is 0. The van der Waals surface area contributed by atoms with Crippen molar-refractivity contribution in [3.63, 3.8) is 0 Å². The summed E-state index contributed by atoms with van der Waals surface area (Å²) in [7, 11) is 0. The lowest BCUT2D eigenvalue weighted by Gasteiger charge is -2.34. The number of ether oxygens (including phenoxy) is 8. The van der Waals surface area contributed by atoms with Crippen LogP contribution in [0.3, 0.4) is 0 Å². The Morgan fingerprint density at radius 1 is 0.471 bits per heavy atom. The first-order valence-corrected chi connectivity index (χ1v) is 14.8. The van der Waals surface area contributed by atoms with E-state index in [4.69, 9.17) is 28.4 Å². The van der Waals surface area contributed by atoms with Gasteiger partial charge in [0.2, 0.25) is 0 Å². The summed E-state index contributed by atoms with van der Waals surface area (Å²) < 4.78 is 40.5. The average molecular weight is 723 g/mol. The number of aliphatic hydroxyl groups excluding tert-OH is 1. The van der Waals surface area contributed by atoms with Crippen LogP contribution >= 0.6 is 0 Å². The van der Waals surface area contributed by atoms with Gasteiger partial charge in [-0.3, -0.25) is 0 Å². The molecule has 0 spiro atoms. The Kier molecular flexibility index (Phi) is 24.5. The molecule has 0 aromatic heterocycles. The van der Waals surface area contributed by atoms with Gasteiger partial charge in [-0.15, -0.1) is 0 Å². The van der Waals surface area contributed by atoms with Crippen LogP contribution in [0.5, 0.6) is 0 Å². The summed E-state index contributed by atoms with van der Waals surface area (Å²) in [5.41, 5.74) is -2.24. The Labute approximate surface area is 296 Å². The third kappa shape index (κ3) is 21.9. The van der Waals surface area contributed by atoms with Crippen molar-refractivity contribution in [1.82, 2.24) is 0 Å². The summed E-state index contributed by atoms with van der Waals surface area (Å²) in [5.74, 6) is -5.02. The molecule has 282 valence electrons. The molecule has 0 atom stereocenters. The van der Waals surface area contributed by atoms with E-state index in [-0.39, 0.29) is 26.4 Å². The van der Waals surface area contributed by atoms with E-state index >= 15 is 0 Å². The number of carbonyl (C=O) groups excluding carboxylic acids is 7. The quantitative estimate of drug-likeness (QED) is 0.0616. The van der Waals surface area contributed by atoms with Crippen LogP contribution in [0.1, 0.15) is 13.8 Å². The summed E-state index contributed by atoms with van der Waals surface area (Å²) in [6.07, 6.45) is 4.50. The van der Waals surface area contributed by atoms with Gasteiger partial charge in [0.15, 0.2) is 0 Å². The zero-order valence-corrected chi connectivity index (χ0v) is 29.0. The van der Waals surface area contributed by atoms with Crippen LogP contribution in [-0.4, -0.2) is 113 Å². The summed E-state index contributed by atoms with van der Waals surface area (Å²) in [6.45, 7) is 22.8. The van der Waals surface area contributed by atoms with Crippen LogP contribution in [0, 0.1) is 10.8 Å². The average Bonchev–Trinajstić information content (AvgIpc) is 3.13. The second kappa shape index (κ2) is 26.3. The van der Waals surface area contributed by atoms with Crippen molar-refractivity contribution in [2.45, 2.75) is 13.8 Å². The minimum atomic E-state index is -1.44. The molecule has 0 bridgehead atoms. The Hall–Kier alpha value is -5.61. The third-order valence-corrected chi connectivity index (χ3v) is 5.83. The van der Waals surface area contributed by atoms with Crippen LogP contribution in [-0.2, 0) is 71.5 Å². The van der Waals surface area contributed by atoms with E-state index in [2.05, 4.69) is 55.5 Å². The van der Waals surface area contributed by atoms with E-state index in [0.29, 0.717) is 11.1 Å². The molecular formula is C35H46O16. The molecule has 0 saturated carbocycles. The molecule has 51 heavy (non-hydrogen) atoms. The Bertz CT molecular complexity index is 1200.